The van der Waals surface area contributed by atoms with Crippen LogP contribution in [0.3, 0.4) is 0 Å². The first-order chi connectivity index (χ1) is 14.4. The van der Waals surface area contributed by atoms with Crippen LogP contribution >= 0.6 is 23.2 Å². The van der Waals surface area contributed by atoms with Gasteiger partial charge in [-0.15, -0.1) is 5.75 Å². The molecule has 0 radical (unpaired) electrons. The van der Waals surface area contributed by atoms with Crippen LogP contribution in [0.15, 0.2) is 66.7 Å². The van der Waals surface area contributed by atoms with Crippen LogP contribution in [0.5, 0.6) is 11.5 Å². The number of rotatable bonds is 6. The first kappa shape index (κ1) is 27.1. The molecule has 9 heteroatoms. The van der Waals surface area contributed by atoms with Crippen molar-refractivity contribution in [1.29, 1.82) is 0 Å². The Morgan fingerprint density at radius 2 is 1.59 bits per heavy atom. The fraction of sp³-hybridized carbons (Fsp3) is 0.0870. The summed E-state index contributed by atoms with van der Waals surface area (Å²) in [6.45, 7) is 0.474. The van der Waals surface area contributed by atoms with Gasteiger partial charge in [-0.2, -0.15) is 0 Å². The second kappa shape index (κ2) is 11.8. The summed E-state index contributed by atoms with van der Waals surface area (Å²) >= 11 is 12.4. The average molecular weight is 486 g/mol. The molecule has 1 heterocycles. The van der Waals surface area contributed by atoms with Crippen LogP contribution < -0.4 is 74.1 Å². The molecule has 32 heavy (non-hydrogen) atoms. The van der Waals surface area contributed by atoms with Gasteiger partial charge in [0.15, 0.2) is 0 Å². The predicted octanol–water partition coefficient (Wildman–Crippen LogP) is -1.98. The summed E-state index contributed by atoms with van der Waals surface area (Å²) in [6, 6.07) is 18.3. The van der Waals surface area contributed by atoms with Crippen molar-refractivity contribution in [2.45, 2.75) is 13.2 Å². The Morgan fingerprint density at radius 1 is 0.938 bits per heavy atom. The van der Waals surface area contributed by atoms with Gasteiger partial charge in [0, 0.05) is 33.1 Å². The summed E-state index contributed by atoms with van der Waals surface area (Å²) in [5.74, 6) is -0.829. The van der Waals surface area contributed by atoms with Crippen LogP contribution in [0.2, 0.25) is 10.0 Å². The quantitative estimate of drug-likeness (QED) is 0.296. The Kier molecular flexibility index (Phi) is 10.0. The molecule has 0 N–H and O–H groups in total. The molecule has 4 aromatic rings. The van der Waals surface area contributed by atoms with E-state index in [-0.39, 0.29) is 77.2 Å². The summed E-state index contributed by atoms with van der Waals surface area (Å²) in [7, 11) is 0. The zero-order valence-electron chi connectivity index (χ0n) is 17.6. The van der Waals surface area contributed by atoms with E-state index in [1.54, 1.807) is 59.2 Å². The normalized spacial score (nSPS) is 10.3. The molecule has 3 aromatic carbocycles. The average Bonchev–Trinajstić information content (AvgIpc) is 3.07. The number of benzene rings is 3. The molecule has 0 aliphatic rings. The third-order valence-corrected chi connectivity index (χ3v) is 5.50. The van der Waals surface area contributed by atoms with Crippen molar-refractivity contribution in [3.63, 3.8) is 0 Å². The Hall–Kier alpha value is -1.15. The zero-order chi connectivity index (χ0) is 21.3. The van der Waals surface area contributed by atoms with Crippen LogP contribution in [0.1, 0.15) is 21.6 Å². The van der Waals surface area contributed by atoms with Gasteiger partial charge in [-0.25, -0.2) is 0 Å². The number of hydrogen-bond acceptors (Lipinski definition) is 4. The molecule has 0 spiro atoms. The fourth-order valence-electron chi connectivity index (χ4n) is 3.28. The molecule has 1 aromatic heterocycles. The molecule has 0 atom stereocenters. The van der Waals surface area contributed by atoms with E-state index in [1.165, 1.54) is 12.1 Å². The van der Waals surface area contributed by atoms with Gasteiger partial charge in [-0.3, -0.25) is 0 Å². The van der Waals surface area contributed by atoms with E-state index >= 15 is 0 Å². The van der Waals surface area contributed by atoms with Crippen LogP contribution in [0, 0.1) is 0 Å². The number of hydrogen-bond donors (Lipinski definition) is 0. The SMILES string of the molecule is O=C([O-])c1cc2cc(OCc3c(Cl)cccc3Cl)ccc2n1Cc1ccc([O-])cc1.[Na+].[Na+]. The molecule has 0 saturated heterocycles. The van der Waals surface area contributed by atoms with E-state index in [2.05, 4.69) is 0 Å². The number of carboxylic acid groups (broad SMARTS) is 1. The Bertz CT molecular complexity index is 1220. The van der Waals surface area contributed by atoms with Gasteiger partial charge in [0.2, 0.25) is 0 Å². The number of carboxylic acids is 1. The molecule has 4 rings (SSSR count). The van der Waals surface area contributed by atoms with Crippen molar-refractivity contribution < 1.29 is 78.9 Å². The number of aromatic nitrogens is 1. The summed E-state index contributed by atoms with van der Waals surface area (Å²) < 4.78 is 7.47. The third-order valence-electron chi connectivity index (χ3n) is 4.79. The smallest absolute Gasteiger partial charge is 0.872 e. The van der Waals surface area contributed by atoms with E-state index in [0.717, 1.165) is 5.56 Å². The first-order valence-electron chi connectivity index (χ1n) is 9.08. The maximum atomic E-state index is 11.7. The number of carbonyl (C=O) groups excluding carboxylic acids is 1. The summed E-state index contributed by atoms with van der Waals surface area (Å²) in [4.78, 5) is 11.7. The number of aromatic carboxylic acids is 1. The van der Waals surface area contributed by atoms with E-state index in [9.17, 15) is 15.0 Å². The number of nitrogens with zero attached hydrogens (tertiary/aromatic N) is 1. The van der Waals surface area contributed by atoms with E-state index in [4.69, 9.17) is 27.9 Å². The fourth-order valence-corrected chi connectivity index (χ4v) is 3.79. The first-order valence-corrected chi connectivity index (χ1v) is 9.84. The molecular weight excluding hydrogens is 471 g/mol. The van der Waals surface area contributed by atoms with Gasteiger partial charge in [0.05, 0.1) is 11.7 Å². The second-order valence-corrected chi connectivity index (χ2v) is 7.57. The Balaban J connectivity index is 0.00000181. The summed E-state index contributed by atoms with van der Waals surface area (Å²) in [5.41, 5.74) is 2.24. The molecule has 0 saturated carbocycles. The molecule has 0 aliphatic carbocycles. The number of ether oxygens (including phenoxy) is 1. The second-order valence-electron chi connectivity index (χ2n) is 6.76. The van der Waals surface area contributed by atoms with Crippen LogP contribution in [-0.4, -0.2) is 10.5 Å². The van der Waals surface area contributed by atoms with Crippen molar-refractivity contribution in [1.82, 2.24) is 4.57 Å². The summed E-state index contributed by atoms with van der Waals surface area (Å²) in [6.07, 6.45) is 0. The molecule has 0 aliphatic heterocycles. The third kappa shape index (κ3) is 6.04. The molecular formula is C23H15Cl2NNa2O4. The predicted molar refractivity (Wildman–Crippen MR) is 112 cm³/mol. The van der Waals surface area contributed by atoms with E-state index < -0.39 is 5.97 Å². The molecule has 152 valence electrons. The zero-order valence-corrected chi connectivity index (χ0v) is 23.1. The number of halogens is 2. The topological polar surface area (TPSA) is 77.3 Å². The Morgan fingerprint density at radius 3 is 2.22 bits per heavy atom. The van der Waals surface area contributed by atoms with Crippen LogP contribution in [0.25, 0.3) is 10.9 Å². The van der Waals surface area contributed by atoms with Crippen molar-refractivity contribution in [2.24, 2.45) is 0 Å². The molecule has 5 nitrogen and oxygen atoms in total. The van der Waals surface area contributed by atoms with Gasteiger partial charge in [-0.05, 0) is 42.0 Å². The standard InChI is InChI=1S/C23H17Cl2NO4.2Na/c24-19-2-1-3-20(25)18(19)13-30-17-8-9-21-15(10-17)11-22(23(28)29)26(21)12-14-4-6-16(27)7-5-14;;/h1-11,27H,12-13H2,(H,28,29);;/q;2*+1/p-2. The maximum Gasteiger partial charge on any atom is 1.00 e. The van der Waals surface area contributed by atoms with Gasteiger partial charge in [0.1, 0.15) is 12.4 Å². The molecule has 0 amide bonds. The van der Waals surface area contributed by atoms with Gasteiger partial charge in [-0.1, -0.05) is 53.5 Å². The summed E-state index contributed by atoms with van der Waals surface area (Å²) in [5, 5.41) is 24.7. The molecule has 0 bridgehead atoms. The van der Waals surface area contributed by atoms with Crippen LogP contribution in [0.4, 0.5) is 0 Å². The minimum Gasteiger partial charge on any atom is -0.872 e. The van der Waals surface area contributed by atoms with Crippen molar-refractivity contribution in [2.75, 3.05) is 0 Å². The minimum absolute atomic E-state index is 0. The monoisotopic (exact) mass is 485 g/mol. The Labute approximate surface area is 239 Å². The van der Waals surface area contributed by atoms with E-state index in [1.807, 2.05) is 0 Å². The maximum absolute atomic E-state index is 11.7. The van der Waals surface area contributed by atoms with E-state index in [0.29, 0.717) is 38.8 Å². The number of fused-ring (bicyclic) bond motifs is 1. The van der Waals surface area contributed by atoms with Gasteiger partial charge < -0.3 is 24.3 Å². The number of carbonyl (C=O) groups is 1. The van der Waals surface area contributed by atoms with Crippen molar-refractivity contribution >= 4 is 40.1 Å². The molecule has 0 fully saturated rings. The minimum atomic E-state index is -1.28. The van der Waals surface area contributed by atoms with Crippen LogP contribution in [-0.2, 0) is 13.2 Å². The van der Waals surface area contributed by atoms with Crippen molar-refractivity contribution in [3.8, 4) is 11.5 Å². The largest absolute Gasteiger partial charge is 1.00 e. The van der Waals surface area contributed by atoms with Crippen molar-refractivity contribution in [3.05, 3.63) is 93.6 Å². The molecule has 0 unspecified atom stereocenters. The van der Waals surface area contributed by atoms with Gasteiger partial charge >= 0.3 is 59.1 Å². The van der Waals surface area contributed by atoms with Gasteiger partial charge in [0.25, 0.3) is 0 Å².